The smallest absolute Gasteiger partial charge is 0.125 e. The molecule has 0 heterocycles. The molecule has 0 saturated carbocycles. The first-order valence-electron chi connectivity index (χ1n) is 3.34. The number of hydrogen-bond acceptors (Lipinski definition) is 1. The van der Waals surface area contributed by atoms with Gasteiger partial charge in [0.2, 0.25) is 0 Å². The third-order valence-corrected chi connectivity index (χ3v) is 1.06. The largest absolute Gasteiger partial charge is 0.274 e. The highest BCUT2D eigenvalue weighted by Crippen LogP contribution is 1.96. The molecule has 0 spiro atoms. The topological polar surface area (TPSA) is 24.7 Å². The van der Waals surface area contributed by atoms with E-state index in [2.05, 4.69) is 30.4 Å². The second-order valence-corrected chi connectivity index (χ2v) is 2.25. The SMILES string of the molecule is C=C/C=N\C(=N/C)C(C)C. The van der Waals surface area contributed by atoms with Crippen LogP contribution in [0.1, 0.15) is 13.8 Å². The summed E-state index contributed by atoms with van der Waals surface area (Å²) in [5, 5.41) is 0. The molecule has 56 valence electrons. The van der Waals surface area contributed by atoms with Crippen molar-refractivity contribution in [2.24, 2.45) is 15.9 Å². The van der Waals surface area contributed by atoms with E-state index in [4.69, 9.17) is 0 Å². The van der Waals surface area contributed by atoms with Crippen LogP contribution < -0.4 is 0 Å². The molecule has 0 aromatic heterocycles. The Balaban J connectivity index is 4.10. The zero-order valence-corrected chi connectivity index (χ0v) is 6.83. The van der Waals surface area contributed by atoms with Gasteiger partial charge in [-0.1, -0.05) is 26.5 Å². The van der Waals surface area contributed by atoms with Crippen LogP contribution in [-0.4, -0.2) is 19.1 Å². The summed E-state index contributed by atoms with van der Waals surface area (Å²) in [5.41, 5.74) is 0. The van der Waals surface area contributed by atoms with Gasteiger partial charge in [0.1, 0.15) is 5.84 Å². The van der Waals surface area contributed by atoms with Crippen molar-refractivity contribution >= 4 is 12.1 Å². The Labute approximate surface area is 62.4 Å². The zero-order valence-electron chi connectivity index (χ0n) is 6.83. The lowest BCUT2D eigenvalue weighted by Gasteiger charge is -2.00. The van der Waals surface area contributed by atoms with Gasteiger partial charge in [-0.2, -0.15) is 0 Å². The van der Waals surface area contributed by atoms with Crippen LogP contribution in [0.3, 0.4) is 0 Å². The molecule has 0 unspecified atom stereocenters. The summed E-state index contributed by atoms with van der Waals surface area (Å²) in [6.45, 7) is 7.64. The highest BCUT2D eigenvalue weighted by atomic mass is 14.9. The van der Waals surface area contributed by atoms with E-state index >= 15 is 0 Å². The predicted octanol–water partition coefficient (Wildman–Crippen LogP) is 1.93. The maximum atomic E-state index is 4.07. The summed E-state index contributed by atoms with van der Waals surface area (Å²) >= 11 is 0. The molecule has 2 heteroatoms. The molecule has 0 saturated heterocycles. The average Bonchev–Trinajstić information content (AvgIpc) is 1.89. The first-order valence-corrected chi connectivity index (χ1v) is 3.34. The minimum Gasteiger partial charge on any atom is -0.274 e. The minimum absolute atomic E-state index is 0.390. The molecule has 0 amide bonds. The Morgan fingerprint density at radius 3 is 2.40 bits per heavy atom. The monoisotopic (exact) mass is 138 g/mol. The van der Waals surface area contributed by atoms with Crippen LogP contribution in [0.5, 0.6) is 0 Å². The van der Waals surface area contributed by atoms with Gasteiger partial charge in [-0.15, -0.1) is 0 Å². The fourth-order valence-electron chi connectivity index (χ4n) is 0.594. The predicted molar refractivity (Wildman–Crippen MR) is 46.9 cm³/mol. The fourth-order valence-corrected chi connectivity index (χ4v) is 0.594. The van der Waals surface area contributed by atoms with Crippen LogP contribution in [0.25, 0.3) is 0 Å². The Morgan fingerprint density at radius 2 is 2.10 bits per heavy atom. The first kappa shape index (κ1) is 9.08. The summed E-state index contributed by atoms with van der Waals surface area (Å²) in [4.78, 5) is 8.06. The molecule has 0 radical (unpaired) electrons. The van der Waals surface area contributed by atoms with Gasteiger partial charge in [0.25, 0.3) is 0 Å². The maximum absolute atomic E-state index is 4.07. The van der Waals surface area contributed by atoms with Gasteiger partial charge >= 0.3 is 0 Å². The van der Waals surface area contributed by atoms with E-state index < -0.39 is 0 Å². The van der Waals surface area contributed by atoms with Crippen molar-refractivity contribution in [3.8, 4) is 0 Å². The molecular weight excluding hydrogens is 124 g/mol. The van der Waals surface area contributed by atoms with E-state index in [0.717, 1.165) is 5.84 Å². The van der Waals surface area contributed by atoms with E-state index in [1.54, 1.807) is 19.3 Å². The quantitative estimate of drug-likeness (QED) is 0.411. The van der Waals surface area contributed by atoms with Gasteiger partial charge in [-0.05, 0) is 0 Å². The highest BCUT2D eigenvalue weighted by molar-refractivity contribution is 5.93. The maximum Gasteiger partial charge on any atom is 0.125 e. The van der Waals surface area contributed by atoms with Gasteiger partial charge in [0.15, 0.2) is 0 Å². The number of aliphatic imine (C=N–C) groups is 2. The van der Waals surface area contributed by atoms with E-state index in [9.17, 15) is 0 Å². The van der Waals surface area contributed by atoms with Gasteiger partial charge < -0.3 is 0 Å². The van der Waals surface area contributed by atoms with Crippen LogP contribution >= 0.6 is 0 Å². The van der Waals surface area contributed by atoms with Crippen LogP contribution in [0.4, 0.5) is 0 Å². The summed E-state index contributed by atoms with van der Waals surface area (Å²) in [6.07, 6.45) is 3.30. The first-order chi connectivity index (χ1) is 4.72. The molecule has 0 aliphatic carbocycles. The lowest BCUT2D eigenvalue weighted by Crippen LogP contribution is -2.03. The van der Waals surface area contributed by atoms with Crippen LogP contribution in [0.15, 0.2) is 22.6 Å². The van der Waals surface area contributed by atoms with Gasteiger partial charge in [-0.25, -0.2) is 4.99 Å². The molecule has 0 fully saturated rings. The summed E-state index contributed by atoms with van der Waals surface area (Å²) in [7, 11) is 1.75. The van der Waals surface area contributed by atoms with E-state index in [0.29, 0.717) is 5.92 Å². The Hall–Kier alpha value is -0.920. The lowest BCUT2D eigenvalue weighted by atomic mass is 10.2. The minimum atomic E-state index is 0.390. The molecule has 0 aromatic rings. The molecule has 0 aliphatic rings. The van der Waals surface area contributed by atoms with Crippen molar-refractivity contribution in [3.63, 3.8) is 0 Å². The second-order valence-electron chi connectivity index (χ2n) is 2.25. The Morgan fingerprint density at radius 1 is 1.50 bits per heavy atom. The van der Waals surface area contributed by atoms with Gasteiger partial charge in [0, 0.05) is 19.2 Å². The van der Waals surface area contributed by atoms with Crippen molar-refractivity contribution in [1.29, 1.82) is 0 Å². The summed E-state index contributed by atoms with van der Waals surface area (Å²) in [6, 6.07) is 0. The van der Waals surface area contributed by atoms with Gasteiger partial charge in [0.05, 0.1) is 0 Å². The molecule has 10 heavy (non-hydrogen) atoms. The number of hydrogen-bond donors (Lipinski definition) is 0. The van der Waals surface area contributed by atoms with Crippen LogP contribution in [0, 0.1) is 5.92 Å². The number of nitrogens with zero attached hydrogens (tertiary/aromatic N) is 2. The Bertz CT molecular complexity index is 155. The van der Waals surface area contributed by atoms with Crippen LogP contribution in [0.2, 0.25) is 0 Å². The molecule has 0 atom stereocenters. The summed E-state index contributed by atoms with van der Waals surface area (Å²) in [5.74, 6) is 1.25. The average molecular weight is 138 g/mol. The lowest BCUT2D eigenvalue weighted by molar-refractivity contribution is 0.870. The van der Waals surface area contributed by atoms with Crippen molar-refractivity contribution in [1.82, 2.24) is 0 Å². The van der Waals surface area contributed by atoms with Crippen LogP contribution in [-0.2, 0) is 0 Å². The van der Waals surface area contributed by atoms with Crippen molar-refractivity contribution in [3.05, 3.63) is 12.7 Å². The third kappa shape index (κ3) is 3.17. The standard InChI is InChI=1S/C8H14N2/c1-5-6-10-8(9-4)7(2)3/h5-7H,1H2,2-4H3/b9-8-,10-6-. The molecule has 0 aromatic carbocycles. The van der Waals surface area contributed by atoms with Crippen molar-refractivity contribution in [2.45, 2.75) is 13.8 Å². The zero-order chi connectivity index (χ0) is 7.98. The summed E-state index contributed by atoms with van der Waals surface area (Å²) < 4.78 is 0. The van der Waals surface area contributed by atoms with E-state index in [1.807, 2.05) is 0 Å². The normalized spacial score (nSPS) is 13.0. The molecular formula is C8H14N2. The number of amidine groups is 1. The molecule has 2 nitrogen and oxygen atoms in total. The molecule has 0 bridgehead atoms. The third-order valence-electron chi connectivity index (χ3n) is 1.06. The highest BCUT2D eigenvalue weighted by Gasteiger charge is 1.98. The van der Waals surface area contributed by atoms with Crippen molar-refractivity contribution < 1.29 is 0 Å². The number of allylic oxidation sites excluding steroid dienone is 1. The fraction of sp³-hybridized carbons (Fsp3) is 0.500. The van der Waals surface area contributed by atoms with Gasteiger partial charge in [-0.3, -0.25) is 4.99 Å². The second kappa shape index (κ2) is 4.91. The van der Waals surface area contributed by atoms with E-state index in [-0.39, 0.29) is 0 Å². The molecule has 0 N–H and O–H groups in total. The molecule has 0 aliphatic heterocycles. The number of rotatable bonds is 2. The Kier molecular flexibility index (Phi) is 4.46. The van der Waals surface area contributed by atoms with Crippen molar-refractivity contribution in [2.75, 3.05) is 7.05 Å². The van der Waals surface area contributed by atoms with E-state index in [1.165, 1.54) is 0 Å². The molecule has 0 rings (SSSR count).